The van der Waals surface area contributed by atoms with E-state index in [-0.39, 0.29) is 17.7 Å². The lowest BCUT2D eigenvalue weighted by molar-refractivity contribution is -0.117. The molecule has 3 aromatic carbocycles. The molecule has 0 fully saturated rings. The van der Waals surface area contributed by atoms with Crippen LogP contribution in [0, 0.1) is 0 Å². The van der Waals surface area contributed by atoms with E-state index in [0.717, 1.165) is 17.5 Å². The number of para-hydroxylation sites is 2. The van der Waals surface area contributed by atoms with Crippen LogP contribution in [-0.2, 0) is 9.59 Å². The Morgan fingerprint density at radius 2 is 1.57 bits per heavy atom. The molecule has 5 nitrogen and oxygen atoms in total. The molecule has 3 rings (SSSR count). The molecule has 0 aromatic heterocycles. The first-order chi connectivity index (χ1) is 14.6. The summed E-state index contributed by atoms with van der Waals surface area (Å²) in [5.74, 6) is -0.495. The first-order valence-corrected chi connectivity index (χ1v) is 9.86. The Morgan fingerprint density at radius 1 is 0.900 bits per heavy atom. The predicted molar refractivity (Wildman–Crippen MR) is 123 cm³/mol. The summed E-state index contributed by atoms with van der Waals surface area (Å²) in [6.45, 7) is 2.00. The Bertz CT molecular complexity index is 1030. The highest BCUT2D eigenvalue weighted by atomic mass is 16.2. The van der Waals surface area contributed by atoms with Gasteiger partial charge in [0.2, 0.25) is 11.8 Å². The van der Waals surface area contributed by atoms with Gasteiger partial charge < -0.3 is 16.4 Å². The van der Waals surface area contributed by atoms with Gasteiger partial charge in [-0.2, -0.15) is 0 Å². The number of carbonyl (C=O) groups is 2. The van der Waals surface area contributed by atoms with Gasteiger partial charge >= 0.3 is 0 Å². The highest BCUT2D eigenvalue weighted by Crippen LogP contribution is 2.22. The Balaban J connectivity index is 1.59. The van der Waals surface area contributed by atoms with Crippen LogP contribution in [0.5, 0.6) is 0 Å². The molecule has 0 saturated carbocycles. The van der Waals surface area contributed by atoms with Crippen molar-refractivity contribution in [3.63, 3.8) is 0 Å². The lowest BCUT2D eigenvalue weighted by Gasteiger charge is -2.15. The summed E-state index contributed by atoms with van der Waals surface area (Å²) >= 11 is 0. The molecule has 30 heavy (non-hydrogen) atoms. The molecule has 4 N–H and O–H groups in total. The van der Waals surface area contributed by atoms with Gasteiger partial charge in [0.25, 0.3) is 0 Å². The fourth-order valence-corrected chi connectivity index (χ4v) is 3.12. The summed E-state index contributed by atoms with van der Waals surface area (Å²) in [6, 6.07) is 24.2. The van der Waals surface area contributed by atoms with Crippen LogP contribution in [0.2, 0.25) is 0 Å². The standard InChI is InChI=1S/C25H25N3O2/c1-2-21(19-8-4-3-5-9-19)25(30)27-20-15-12-18(13-16-20)14-17-24(29)28-23-11-7-6-10-22(23)26/h3-17,21H,2,26H2,1H3,(H,27,30)(H,28,29)/b17-14+. The van der Waals surface area contributed by atoms with Gasteiger partial charge in [0.05, 0.1) is 17.3 Å². The van der Waals surface area contributed by atoms with Gasteiger partial charge in [-0.15, -0.1) is 0 Å². The van der Waals surface area contributed by atoms with Gasteiger partial charge in [0, 0.05) is 11.8 Å². The number of nitrogens with one attached hydrogen (secondary N) is 2. The lowest BCUT2D eigenvalue weighted by Crippen LogP contribution is -2.20. The Hall–Kier alpha value is -3.86. The smallest absolute Gasteiger partial charge is 0.248 e. The van der Waals surface area contributed by atoms with Crippen LogP contribution in [0.15, 0.2) is 84.9 Å². The number of benzene rings is 3. The largest absolute Gasteiger partial charge is 0.397 e. The van der Waals surface area contributed by atoms with Crippen molar-refractivity contribution in [2.45, 2.75) is 19.3 Å². The van der Waals surface area contributed by atoms with Crippen LogP contribution in [0.3, 0.4) is 0 Å². The molecular weight excluding hydrogens is 374 g/mol. The van der Waals surface area contributed by atoms with E-state index in [4.69, 9.17) is 5.73 Å². The molecule has 5 heteroatoms. The summed E-state index contributed by atoms with van der Waals surface area (Å²) in [5, 5.41) is 5.71. The SMILES string of the molecule is CCC(C(=O)Nc1ccc(/C=C/C(=O)Nc2ccccc2N)cc1)c1ccccc1. The highest BCUT2D eigenvalue weighted by Gasteiger charge is 2.18. The minimum Gasteiger partial charge on any atom is -0.397 e. The van der Waals surface area contributed by atoms with Crippen molar-refractivity contribution in [2.24, 2.45) is 0 Å². The summed E-state index contributed by atoms with van der Waals surface area (Å²) in [4.78, 5) is 24.7. The van der Waals surface area contributed by atoms with E-state index in [9.17, 15) is 9.59 Å². The summed E-state index contributed by atoms with van der Waals surface area (Å²) in [7, 11) is 0. The Morgan fingerprint density at radius 3 is 2.23 bits per heavy atom. The highest BCUT2D eigenvalue weighted by molar-refractivity contribution is 6.03. The molecule has 1 unspecified atom stereocenters. The number of hydrogen-bond acceptors (Lipinski definition) is 3. The second kappa shape index (κ2) is 10.1. The summed E-state index contributed by atoms with van der Waals surface area (Å²) < 4.78 is 0. The van der Waals surface area contributed by atoms with Gasteiger partial charge in [0.15, 0.2) is 0 Å². The molecule has 152 valence electrons. The van der Waals surface area contributed by atoms with Crippen molar-refractivity contribution in [1.82, 2.24) is 0 Å². The van der Waals surface area contributed by atoms with Crippen LogP contribution in [0.1, 0.15) is 30.4 Å². The molecule has 1 atom stereocenters. The third kappa shape index (κ3) is 5.58. The molecule has 0 aliphatic rings. The van der Waals surface area contributed by atoms with Gasteiger partial charge in [-0.25, -0.2) is 0 Å². The minimum absolute atomic E-state index is 0.0354. The first-order valence-electron chi connectivity index (χ1n) is 9.86. The van der Waals surface area contributed by atoms with E-state index in [1.165, 1.54) is 6.08 Å². The molecule has 2 amide bonds. The topological polar surface area (TPSA) is 84.2 Å². The van der Waals surface area contributed by atoms with Gasteiger partial charge in [-0.1, -0.05) is 61.5 Å². The van der Waals surface area contributed by atoms with Crippen LogP contribution in [0.25, 0.3) is 6.08 Å². The average Bonchev–Trinajstić information content (AvgIpc) is 2.76. The number of nitrogen functional groups attached to an aromatic ring is 1. The van der Waals surface area contributed by atoms with E-state index in [2.05, 4.69) is 10.6 Å². The maximum atomic E-state index is 12.7. The van der Waals surface area contributed by atoms with Crippen molar-refractivity contribution in [1.29, 1.82) is 0 Å². The van der Waals surface area contributed by atoms with Crippen LogP contribution < -0.4 is 16.4 Å². The van der Waals surface area contributed by atoms with E-state index in [1.807, 2.05) is 73.7 Å². The maximum absolute atomic E-state index is 12.7. The molecule has 0 heterocycles. The molecule has 0 bridgehead atoms. The number of anilines is 3. The molecule has 0 aliphatic heterocycles. The van der Waals surface area contributed by atoms with Gasteiger partial charge in [0.1, 0.15) is 0 Å². The van der Waals surface area contributed by atoms with E-state index in [0.29, 0.717) is 17.1 Å². The quantitative estimate of drug-likeness (QED) is 0.384. The Kier molecular flexibility index (Phi) is 7.00. The average molecular weight is 399 g/mol. The van der Waals surface area contributed by atoms with E-state index in [1.54, 1.807) is 18.2 Å². The Labute approximate surface area is 176 Å². The van der Waals surface area contributed by atoms with Crippen molar-refractivity contribution in [3.8, 4) is 0 Å². The summed E-state index contributed by atoms with van der Waals surface area (Å²) in [5.41, 5.74) is 9.48. The fraction of sp³-hybridized carbons (Fsp3) is 0.120. The second-order valence-electron chi connectivity index (χ2n) is 6.89. The van der Waals surface area contributed by atoms with Gasteiger partial charge in [-0.05, 0) is 47.9 Å². The zero-order valence-electron chi connectivity index (χ0n) is 16.8. The molecule has 3 aromatic rings. The second-order valence-corrected chi connectivity index (χ2v) is 6.89. The molecule has 0 spiro atoms. The van der Waals surface area contributed by atoms with Crippen molar-refractivity contribution >= 4 is 35.0 Å². The summed E-state index contributed by atoms with van der Waals surface area (Å²) in [6.07, 6.45) is 3.87. The van der Waals surface area contributed by atoms with Crippen LogP contribution >= 0.6 is 0 Å². The van der Waals surface area contributed by atoms with E-state index < -0.39 is 0 Å². The van der Waals surface area contributed by atoms with Crippen molar-refractivity contribution < 1.29 is 9.59 Å². The zero-order valence-corrected chi connectivity index (χ0v) is 16.8. The number of carbonyl (C=O) groups excluding carboxylic acids is 2. The molecular formula is C25H25N3O2. The third-order valence-electron chi connectivity index (χ3n) is 4.75. The molecule has 0 aliphatic carbocycles. The predicted octanol–water partition coefficient (Wildman–Crippen LogP) is 5.05. The molecule has 0 saturated heterocycles. The van der Waals surface area contributed by atoms with E-state index >= 15 is 0 Å². The molecule has 0 radical (unpaired) electrons. The monoisotopic (exact) mass is 399 g/mol. The minimum atomic E-state index is -0.265. The number of amides is 2. The maximum Gasteiger partial charge on any atom is 0.248 e. The van der Waals surface area contributed by atoms with Crippen molar-refractivity contribution in [2.75, 3.05) is 16.4 Å². The van der Waals surface area contributed by atoms with Gasteiger partial charge in [-0.3, -0.25) is 9.59 Å². The number of nitrogens with two attached hydrogens (primary N) is 1. The number of hydrogen-bond donors (Lipinski definition) is 3. The van der Waals surface area contributed by atoms with Crippen molar-refractivity contribution in [3.05, 3.63) is 96.1 Å². The first kappa shape index (κ1) is 20.9. The fourth-order valence-electron chi connectivity index (χ4n) is 3.12. The van der Waals surface area contributed by atoms with Crippen LogP contribution in [-0.4, -0.2) is 11.8 Å². The normalized spacial score (nSPS) is 11.8. The lowest BCUT2D eigenvalue weighted by atomic mass is 9.95. The van der Waals surface area contributed by atoms with Crippen LogP contribution in [0.4, 0.5) is 17.1 Å². The number of rotatable bonds is 7. The third-order valence-corrected chi connectivity index (χ3v) is 4.75. The zero-order chi connectivity index (χ0) is 21.3.